The molecule has 7 heteroatoms. The molecule has 1 amide bonds. The summed E-state index contributed by atoms with van der Waals surface area (Å²) in [5, 5.41) is 0.928. The molecule has 1 aliphatic heterocycles. The standard InChI is InChI=1S/C17H20N4O2S.C2H6/c1-11-8-14(23-12-5-6-15(24-2)19-9-12)13(20-17(11)18)10-21-7-3-4-16(21)22;1-2/h5-6,8-9H,3-4,7,10H2,1-2H3,(H2,18,20);1-2H3. The van der Waals surface area contributed by atoms with Crippen LogP contribution >= 0.6 is 11.8 Å². The van der Waals surface area contributed by atoms with Gasteiger partial charge in [0.1, 0.15) is 17.3 Å². The molecule has 0 bridgehead atoms. The van der Waals surface area contributed by atoms with Crippen LogP contribution in [0.15, 0.2) is 29.4 Å². The number of carbonyl (C=O) groups excluding carboxylic acids is 1. The van der Waals surface area contributed by atoms with Crippen LogP contribution in [0.25, 0.3) is 0 Å². The van der Waals surface area contributed by atoms with E-state index in [9.17, 15) is 4.79 Å². The molecule has 1 aliphatic rings. The summed E-state index contributed by atoms with van der Waals surface area (Å²) in [6.07, 6.45) is 5.14. The van der Waals surface area contributed by atoms with Crippen molar-refractivity contribution in [3.8, 4) is 11.5 Å². The maximum absolute atomic E-state index is 11.9. The Morgan fingerprint density at radius 3 is 2.69 bits per heavy atom. The summed E-state index contributed by atoms with van der Waals surface area (Å²) in [6.45, 7) is 7.04. The van der Waals surface area contributed by atoms with Gasteiger partial charge in [-0.2, -0.15) is 0 Å². The smallest absolute Gasteiger partial charge is 0.222 e. The van der Waals surface area contributed by atoms with E-state index in [1.165, 1.54) is 0 Å². The molecule has 1 fully saturated rings. The number of likely N-dealkylation sites (tertiary alicyclic amines) is 1. The lowest BCUT2D eigenvalue weighted by molar-refractivity contribution is -0.128. The Hall–Kier alpha value is -2.28. The largest absolute Gasteiger partial charge is 0.454 e. The average Bonchev–Trinajstić information content (AvgIpc) is 3.06. The molecule has 2 aromatic heterocycles. The van der Waals surface area contributed by atoms with Gasteiger partial charge in [-0.15, -0.1) is 11.8 Å². The Bertz CT molecular complexity index is 750. The predicted molar refractivity (Wildman–Crippen MR) is 105 cm³/mol. The van der Waals surface area contributed by atoms with Gasteiger partial charge in [0.15, 0.2) is 5.75 Å². The van der Waals surface area contributed by atoms with Gasteiger partial charge in [0.2, 0.25) is 5.91 Å². The van der Waals surface area contributed by atoms with Gasteiger partial charge in [0.05, 0.1) is 17.8 Å². The van der Waals surface area contributed by atoms with Gasteiger partial charge in [0, 0.05) is 13.0 Å². The number of carbonyl (C=O) groups is 1. The number of nitrogens with zero attached hydrogens (tertiary/aromatic N) is 3. The van der Waals surface area contributed by atoms with Crippen molar-refractivity contribution in [1.29, 1.82) is 0 Å². The first kappa shape index (κ1) is 20.0. The van der Waals surface area contributed by atoms with Crippen molar-refractivity contribution in [2.75, 3.05) is 18.5 Å². The highest BCUT2D eigenvalue weighted by Crippen LogP contribution is 2.29. The van der Waals surface area contributed by atoms with Crippen LogP contribution in [0.5, 0.6) is 11.5 Å². The second-order valence-corrected chi connectivity index (χ2v) is 6.52. The van der Waals surface area contributed by atoms with Gasteiger partial charge in [-0.05, 0) is 43.4 Å². The molecule has 0 atom stereocenters. The molecule has 0 aromatic carbocycles. The lowest BCUT2D eigenvalue weighted by atomic mass is 10.2. The highest BCUT2D eigenvalue weighted by atomic mass is 32.2. The quantitative estimate of drug-likeness (QED) is 0.796. The summed E-state index contributed by atoms with van der Waals surface area (Å²) < 4.78 is 5.96. The second-order valence-electron chi connectivity index (χ2n) is 5.69. The van der Waals surface area contributed by atoms with E-state index in [1.54, 1.807) is 22.9 Å². The molecule has 0 aliphatic carbocycles. The topological polar surface area (TPSA) is 81.3 Å². The van der Waals surface area contributed by atoms with Crippen molar-refractivity contribution >= 4 is 23.5 Å². The minimum Gasteiger partial charge on any atom is -0.454 e. The third kappa shape index (κ3) is 4.88. The highest BCUT2D eigenvalue weighted by molar-refractivity contribution is 7.98. The third-order valence-corrected chi connectivity index (χ3v) is 4.61. The minimum atomic E-state index is 0.146. The Morgan fingerprint density at radius 2 is 2.12 bits per heavy atom. The average molecular weight is 375 g/mol. The zero-order valence-corrected chi connectivity index (χ0v) is 16.6. The normalized spacial score (nSPS) is 13.4. The number of nitrogens with two attached hydrogens (primary N) is 1. The molecule has 26 heavy (non-hydrogen) atoms. The number of thioether (sulfide) groups is 1. The van der Waals surface area contributed by atoms with Crippen LogP contribution in [0, 0.1) is 6.92 Å². The van der Waals surface area contributed by atoms with Gasteiger partial charge >= 0.3 is 0 Å². The number of hydrogen-bond donors (Lipinski definition) is 1. The summed E-state index contributed by atoms with van der Waals surface area (Å²) in [5.74, 6) is 1.85. The zero-order chi connectivity index (χ0) is 19.1. The van der Waals surface area contributed by atoms with Crippen LogP contribution in [0.1, 0.15) is 37.9 Å². The van der Waals surface area contributed by atoms with E-state index in [-0.39, 0.29) is 5.91 Å². The number of anilines is 1. The highest BCUT2D eigenvalue weighted by Gasteiger charge is 2.23. The number of rotatable bonds is 5. The van der Waals surface area contributed by atoms with Gasteiger partial charge in [0.25, 0.3) is 0 Å². The van der Waals surface area contributed by atoms with E-state index >= 15 is 0 Å². The molecule has 0 radical (unpaired) electrons. The first-order valence-electron chi connectivity index (χ1n) is 8.78. The Labute approximate surface area is 159 Å². The number of ether oxygens (including phenoxy) is 1. The molecule has 2 aromatic rings. The molecular formula is C19H26N4O2S. The van der Waals surface area contributed by atoms with E-state index in [2.05, 4.69) is 9.97 Å². The second kappa shape index (κ2) is 9.43. The fourth-order valence-electron chi connectivity index (χ4n) is 2.57. The minimum absolute atomic E-state index is 0.146. The van der Waals surface area contributed by atoms with Crippen LogP contribution in [0.4, 0.5) is 5.82 Å². The van der Waals surface area contributed by atoms with E-state index in [1.807, 2.05) is 45.2 Å². The summed E-state index contributed by atoms with van der Waals surface area (Å²) in [6, 6.07) is 5.64. The van der Waals surface area contributed by atoms with E-state index in [0.29, 0.717) is 36.0 Å². The molecule has 2 N–H and O–H groups in total. The molecule has 140 valence electrons. The first-order chi connectivity index (χ1) is 12.6. The fraction of sp³-hybridized carbons (Fsp3) is 0.421. The predicted octanol–water partition coefficient (Wildman–Crippen LogP) is 4.03. The van der Waals surface area contributed by atoms with Crippen LogP contribution < -0.4 is 10.5 Å². The maximum atomic E-state index is 11.9. The Balaban J connectivity index is 0.00000117. The van der Waals surface area contributed by atoms with Crippen molar-refractivity contribution in [3.63, 3.8) is 0 Å². The SMILES string of the molecule is CC.CSc1ccc(Oc2cc(C)c(N)nc2CN2CCCC2=O)cn1. The van der Waals surface area contributed by atoms with Crippen molar-refractivity contribution in [2.24, 2.45) is 0 Å². The summed E-state index contributed by atoms with van der Waals surface area (Å²) in [5.41, 5.74) is 7.46. The van der Waals surface area contributed by atoms with Gasteiger partial charge in [-0.3, -0.25) is 4.79 Å². The molecule has 0 spiro atoms. The van der Waals surface area contributed by atoms with Crippen LogP contribution in [0.2, 0.25) is 0 Å². The summed E-state index contributed by atoms with van der Waals surface area (Å²) in [4.78, 5) is 22.4. The van der Waals surface area contributed by atoms with Crippen LogP contribution in [0.3, 0.4) is 0 Å². The number of amides is 1. The Kier molecular flexibility index (Phi) is 7.26. The van der Waals surface area contributed by atoms with Crippen molar-refractivity contribution in [2.45, 2.75) is 45.2 Å². The van der Waals surface area contributed by atoms with Gasteiger partial charge < -0.3 is 15.4 Å². The van der Waals surface area contributed by atoms with E-state index in [0.717, 1.165) is 23.6 Å². The molecule has 0 unspecified atom stereocenters. The van der Waals surface area contributed by atoms with Crippen molar-refractivity contribution in [3.05, 3.63) is 35.7 Å². The van der Waals surface area contributed by atoms with Crippen LogP contribution in [-0.4, -0.2) is 33.6 Å². The van der Waals surface area contributed by atoms with Crippen LogP contribution in [-0.2, 0) is 11.3 Å². The lowest BCUT2D eigenvalue weighted by Gasteiger charge is -2.18. The summed E-state index contributed by atoms with van der Waals surface area (Å²) in [7, 11) is 0. The first-order valence-corrected chi connectivity index (χ1v) is 10.0. The lowest BCUT2D eigenvalue weighted by Crippen LogP contribution is -2.25. The third-order valence-electron chi connectivity index (χ3n) is 3.95. The molecule has 3 heterocycles. The zero-order valence-electron chi connectivity index (χ0n) is 15.8. The molecule has 6 nitrogen and oxygen atoms in total. The number of aryl methyl sites for hydroxylation is 1. The van der Waals surface area contributed by atoms with Crippen molar-refractivity contribution < 1.29 is 9.53 Å². The molecule has 0 saturated carbocycles. The number of hydrogen-bond acceptors (Lipinski definition) is 6. The number of aromatic nitrogens is 2. The monoisotopic (exact) mass is 374 g/mol. The summed E-state index contributed by atoms with van der Waals surface area (Å²) >= 11 is 1.57. The number of pyridine rings is 2. The van der Waals surface area contributed by atoms with Gasteiger partial charge in [-0.25, -0.2) is 9.97 Å². The molecular weight excluding hydrogens is 348 g/mol. The molecule has 3 rings (SSSR count). The molecule has 1 saturated heterocycles. The fourth-order valence-corrected chi connectivity index (χ4v) is 2.93. The van der Waals surface area contributed by atoms with Crippen molar-refractivity contribution in [1.82, 2.24) is 14.9 Å². The van der Waals surface area contributed by atoms with E-state index in [4.69, 9.17) is 10.5 Å². The van der Waals surface area contributed by atoms with E-state index < -0.39 is 0 Å². The maximum Gasteiger partial charge on any atom is 0.222 e. The van der Waals surface area contributed by atoms with Gasteiger partial charge in [-0.1, -0.05) is 13.8 Å². The number of nitrogen functional groups attached to an aromatic ring is 1. The Morgan fingerprint density at radius 1 is 1.35 bits per heavy atom.